The zero-order valence-electron chi connectivity index (χ0n) is 11.1. The van der Waals surface area contributed by atoms with E-state index in [-0.39, 0.29) is 6.04 Å². The van der Waals surface area contributed by atoms with Crippen LogP contribution in [-0.2, 0) is 0 Å². The van der Waals surface area contributed by atoms with Gasteiger partial charge in [0, 0.05) is 16.1 Å². The van der Waals surface area contributed by atoms with Crippen LogP contribution in [0.1, 0.15) is 43.9 Å². The van der Waals surface area contributed by atoms with E-state index in [1.165, 1.54) is 5.56 Å². The molecule has 2 nitrogen and oxygen atoms in total. The first-order valence-electron chi connectivity index (χ1n) is 6.10. The minimum absolute atomic E-state index is 0.0294. The SMILES string of the molecule is CCCC(C)C(N)c1cc(Br)c(C)cc1OC. The lowest BCUT2D eigenvalue weighted by Crippen LogP contribution is -2.20. The van der Waals surface area contributed by atoms with Crippen LogP contribution in [0, 0.1) is 12.8 Å². The number of ether oxygens (including phenoxy) is 1. The maximum absolute atomic E-state index is 6.32. The highest BCUT2D eigenvalue weighted by Crippen LogP contribution is 2.34. The number of benzene rings is 1. The van der Waals surface area contributed by atoms with Gasteiger partial charge in [0.15, 0.2) is 0 Å². The summed E-state index contributed by atoms with van der Waals surface area (Å²) in [6, 6.07) is 4.16. The summed E-state index contributed by atoms with van der Waals surface area (Å²) in [7, 11) is 1.70. The van der Waals surface area contributed by atoms with Crippen LogP contribution in [0.3, 0.4) is 0 Å². The van der Waals surface area contributed by atoms with E-state index in [0.29, 0.717) is 5.92 Å². The Morgan fingerprint density at radius 3 is 2.59 bits per heavy atom. The van der Waals surface area contributed by atoms with Gasteiger partial charge in [-0.2, -0.15) is 0 Å². The van der Waals surface area contributed by atoms with E-state index in [0.717, 1.165) is 28.6 Å². The van der Waals surface area contributed by atoms with E-state index in [1.54, 1.807) is 7.11 Å². The van der Waals surface area contributed by atoms with E-state index in [1.807, 2.05) is 6.07 Å². The summed E-state index contributed by atoms with van der Waals surface area (Å²) in [5.41, 5.74) is 8.58. The lowest BCUT2D eigenvalue weighted by Gasteiger charge is -2.22. The van der Waals surface area contributed by atoms with Gasteiger partial charge in [0.2, 0.25) is 0 Å². The fourth-order valence-corrected chi connectivity index (χ4v) is 2.41. The van der Waals surface area contributed by atoms with Gasteiger partial charge in [0.05, 0.1) is 7.11 Å². The van der Waals surface area contributed by atoms with Crippen molar-refractivity contribution in [2.24, 2.45) is 11.7 Å². The van der Waals surface area contributed by atoms with E-state index in [4.69, 9.17) is 10.5 Å². The highest BCUT2D eigenvalue weighted by molar-refractivity contribution is 9.10. The fourth-order valence-electron chi connectivity index (χ4n) is 2.05. The number of rotatable bonds is 5. The van der Waals surface area contributed by atoms with Crippen molar-refractivity contribution in [3.8, 4) is 5.75 Å². The van der Waals surface area contributed by atoms with Crippen LogP contribution in [0.2, 0.25) is 0 Å². The van der Waals surface area contributed by atoms with Crippen molar-refractivity contribution in [2.75, 3.05) is 7.11 Å². The monoisotopic (exact) mass is 299 g/mol. The Balaban J connectivity index is 3.07. The molecule has 0 bridgehead atoms. The van der Waals surface area contributed by atoms with E-state index < -0.39 is 0 Å². The molecule has 0 aliphatic carbocycles. The molecule has 1 aromatic rings. The Hall–Kier alpha value is -0.540. The van der Waals surface area contributed by atoms with Gasteiger partial charge in [-0.1, -0.05) is 36.2 Å². The van der Waals surface area contributed by atoms with E-state index >= 15 is 0 Å². The fraction of sp³-hybridized carbons (Fsp3) is 0.571. The average Bonchev–Trinajstić information content (AvgIpc) is 2.31. The van der Waals surface area contributed by atoms with E-state index in [2.05, 4.69) is 42.8 Å². The second-order valence-electron chi connectivity index (χ2n) is 4.64. The third-order valence-electron chi connectivity index (χ3n) is 3.23. The Morgan fingerprint density at radius 1 is 1.41 bits per heavy atom. The summed E-state index contributed by atoms with van der Waals surface area (Å²) >= 11 is 3.55. The maximum Gasteiger partial charge on any atom is 0.123 e. The minimum atomic E-state index is 0.0294. The van der Waals surface area contributed by atoms with Gasteiger partial charge < -0.3 is 10.5 Å². The normalized spacial score (nSPS) is 14.5. The molecule has 0 amide bonds. The number of halogens is 1. The van der Waals surface area contributed by atoms with Crippen LogP contribution in [0.15, 0.2) is 16.6 Å². The van der Waals surface area contributed by atoms with Crippen molar-refractivity contribution in [3.63, 3.8) is 0 Å². The smallest absolute Gasteiger partial charge is 0.123 e. The summed E-state index contributed by atoms with van der Waals surface area (Å²) in [4.78, 5) is 0. The molecule has 17 heavy (non-hydrogen) atoms. The summed E-state index contributed by atoms with van der Waals surface area (Å²) in [6.07, 6.45) is 2.29. The predicted octanol–water partition coefficient (Wildman–Crippen LogP) is 4.20. The average molecular weight is 300 g/mol. The summed E-state index contributed by atoms with van der Waals surface area (Å²) < 4.78 is 6.52. The molecule has 1 aromatic carbocycles. The van der Waals surface area contributed by atoms with Crippen LogP contribution in [0.4, 0.5) is 0 Å². The first-order chi connectivity index (χ1) is 8.01. The van der Waals surface area contributed by atoms with Crippen LogP contribution >= 0.6 is 15.9 Å². The van der Waals surface area contributed by atoms with Gasteiger partial charge in [0.1, 0.15) is 5.75 Å². The molecule has 0 fully saturated rings. The first-order valence-corrected chi connectivity index (χ1v) is 6.90. The summed E-state index contributed by atoms with van der Waals surface area (Å²) in [5, 5.41) is 0. The Morgan fingerprint density at radius 2 is 2.06 bits per heavy atom. The molecule has 0 radical (unpaired) electrons. The van der Waals surface area contributed by atoms with Crippen molar-refractivity contribution < 1.29 is 4.74 Å². The Labute approximate surface area is 113 Å². The zero-order chi connectivity index (χ0) is 13.0. The van der Waals surface area contributed by atoms with Gasteiger partial charge in [-0.3, -0.25) is 0 Å². The minimum Gasteiger partial charge on any atom is -0.496 e. The second-order valence-corrected chi connectivity index (χ2v) is 5.49. The lowest BCUT2D eigenvalue weighted by atomic mass is 9.91. The molecule has 0 spiro atoms. The summed E-state index contributed by atoms with van der Waals surface area (Å²) in [6.45, 7) is 6.43. The van der Waals surface area contributed by atoms with Crippen molar-refractivity contribution in [2.45, 2.75) is 39.7 Å². The molecule has 0 aliphatic heterocycles. The van der Waals surface area contributed by atoms with Gasteiger partial charge >= 0.3 is 0 Å². The maximum atomic E-state index is 6.32. The van der Waals surface area contributed by atoms with Crippen molar-refractivity contribution in [3.05, 3.63) is 27.7 Å². The van der Waals surface area contributed by atoms with Crippen LogP contribution in [0.5, 0.6) is 5.75 Å². The number of methoxy groups -OCH3 is 1. The largest absolute Gasteiger partial charge is 0.496 e. The topological polar surface area (TPSA) is 35.2 Å². The molecule has 0 saturated heterocycles. The molecular formula is C14H22BrNO. The molecular weight excluding hydrogens is 278 g/mol. The third-order valence-corrected chi connectivity index (χ3v) is 4.08. The second kappa shape index (κ2) is 6.41. The Bertz CT molecular complexity index is 379. The molecule has 2 atom stereocenters. The zero-order valence-corrected chi connectivity index (χ0v) is 12.7. The van der Waals surface area contributed by atoms with Crippen molar-refractivity contribution in [1.29, 1.82) is 0 Å². The first kappa shape index (κ1) is 14.5. The van der Waals surface area contributed by atoms with Gasteiger partial charge in [-0.25, -0.2) is 0 Å². The van der Waals surface area contributed by atoms with Crippen molar-refractivity contribution >= 4 is 15.9 Å². The Kier molecular flexibility index (Phi) is 5.47. The highest BCUT2D eigenvalue weighted by atomic mass is 79.9. The van der Waals surface area contributed by atoms with Crippen LogP contribution in [-0.4, -0.2) is 7.11 Å². The molecule has 3 heteroatoms. The highest BCUT2D eigenvalue weighted by Gasteiger charge is 2.19. The number of hydrogen-bond donors (Lipinski definition) is 1. The number of hydrogen-bond acceptors (Lipinski definition) is 2. The van der Waals surface area contributed by atoms with Crippen LogP contribution < -0.4 is 10.5 Å². The molecule has 2 unspecified atom stereocenters. The predicted molar refractivity (Wildman–Crippen MR) is 76.4 cm³/mol. The molecule has 0 aliphatic rings. The number of nitrogens with two attached hydrogens (primary N) is 1. The summed E-state index contributed by atoms with van der Waals surface area (Å²) in [5.74, 6) is 1.35. The standard InChI is InChI=1S/C14H22BrNO/c1-5-6-9(2)14(16)11-8-12(15)10(3)7-13(11)17-4/h7-9,14H,5-6,16H2,1-4H3. The van der Waals surface area contributed by atoms with Gasteiger partial charge in [0.25, 0.3) is 0 Å². The molecule has 0 aromatic heterocycles. The lowest BCUT2D eigenvalue weighted by molar-refractivity contribution is 0.382. The molecule has 0 saturated carbocycles. The third kappa shape index (κ3) is 3.46. The quantitative estimate of drug-likeness (QED) is 0.884. The van der Waals surface area contributed by atoms with Gasteiger partial charge in [-0.15, -0.1) is 0 Å². The van der Waals surface area contributed by atoms with Gasteiger partial charge in [-0.05, 0) is 37.0 Å². The van der Waals surface area contributed by atoms with Crippen molar-refractivity contribution in [1.82, 2.24) is 0 Å². The van der Waals surface area contributed by atoms with E-state index in [9.17, 15) is 0 Å². The molecule has 2 N–H and O–H groups in total. The molecule has 96 valence electrons. The van der Waals surface area contributed by atoms with Crippen LogP contribution in [0.25, 0.3) is 0 Å². The number of aryl methyl sites for hydroxylation is 1. The molecule has 1 rings (SSSR count). The molecule has 0 heterocycles.